The fourth-order valence-corrected chi connectivity index (χ4v) is 0.660. The molecule has 0 aromatic heterocycles. The second-order valence-electron chi connectivity index (χ2n) is 2.39. The van der Waals surface area contributed by atoms with Crippen LogP contribution in [-0.2, 0) is 9.53 Å². The summed E-state index contributed by atoms with van der Waals surface area (Å²) in [6, 6.07) is 0. The number of carbonyl (C=O) groups is 1. The molecule has 0 aliphatic carbocycles. The van der Waals surface area contributed by atoms with Crippen LogP contribution in [0.25, 0.3) is 0 Å². The van der Waals surface area contributed by atoms with Crippen molar-refractivity contribution in [2.45, 2.75) is 26.7 Å². The van der Waals surface area contributed by atoms with Crippen LogP contribution in [-0.4, -0.2) is 12.6 Å². The second kappa shape index (κ2) is 8.05. The monoisotopic (exact) mass is 168 g/mol. The first kappa shape index (κ1) is 11.0. The average molecular weight is 168 g/mol. The van der Waals surface area contributed by atoms with E-state index < -0.39 is 0 Å². The molecule has 2 heteroatoms. The largest absolute Gasteiger partial charge is 0.466 e. The molecule has 0 saturated carbocycles. The van der Waals surface area contributed by atoms with E-state index in [1.165, 1.54) is 6.92 Å². The van der Waals surface area contributed by atoms with E-state index in [1.54, 1.807) is 0 Å². The first-order valence-electron chi connectivity index (χ1n) is 4.22. The first-order valence-corrected chi connectivity index (χ1v) is 4.22. The van der Waals surface area contributed by atoms with Gasteiger partial charge < -0.3 is 4.74 Å². The summed E-state index contributed by atoms with van der Waals surface area (Å²) in [6.45, 7) is 3.98. The quantitative estimate of drug-likeness (QED) is 0.358. The SMILES string of the molecule is CCC=CC=CCCOC(C)=O. The second-order valence-corrected chi connectivity index (χ2v) is 2.39. The fourth-order valence-electron chi connectivity index (χ4n) is 0.660. The highest BCUT2D eigenvalue weighted by atomic mass is 16.5. The lowest BCUT2D eigenvalue weighted by Gasteiger charge is -1.95. The van der Waals surface area contributed by atoms with Gasteiger partial charge in [0.2, 0.25) is 0 Å². The summed E-state index contributed by atoms with van der Waals surface area (Å²) in [7, 11) is 0. The summed E-state index contributed by atoms with van der Waals surface area (Å²) in [5, 5.41) is 0. The van der Waals surface area contributed by atoms with Gasteiger partial charge in [-0.25, -0.2) is 0 Å². The van der Waals surface area contributed by atoms with Gasteiger partial charge in [0.15, 0.2) is 0 Å². The van der Waals surface area contributed by atoms with Crippen molar-refractivity contribution in [1.82, 2.24) is 0 Å². The Bertz CT molecular complexity index is 169. The highest BCUT2D eigenvalue weighted by Gasteiger charge is 1.87. The molecule has 0 amide bonds. The van der Waals surface area contributed by atoms with Crippen LogP contribution < -0.4 is 0 Å². The van der Waals surface area contributed by atoms with Crippen LogP contribution in [0.15, 0.2) is 24.3 Å². The zero-order valence-electron chi connectivity index (χ0n) is 7.75. The Hall–Kier alpha value is -1.05. The molecule has 2 nitrogen and oxygen atoms in total. The van der Waals surface area contributed by atoms with E-state index in [4.69, 9.17) is 4.74 Å². The van der Waals surface area contributed by atoms with Crippen molar-refractivity contribution >= 4 is 5.97 Å². The van der Waals surface area contributed by atoms with Crippen molar-refractivity contribution in [2.75, 3.05) is 6.61 Å². The third-order valence-electron chi connectivity index (χ3n) is 1.21. The molecule has 0 saturated heterocycles. The van der Waals surface area contributed by atoms with Crippen LogP contribution in [0, 0.1) is 0 Å². The fraction of sp³-hybridized carbons (Fsp3) is 0.500. The van der Waals surface area contributed by atoms with Crippen LogP contribution >= 0.6 is 0 Å². The molecule has 0 rings (SSSR count). The van der Waals surface area contributed by atoms with Gasteiger partial charge in [-0.3, -0.25) is 4.79 Å². The summed E-state index contributed by atoms with van der Waals surface area (Å²) in [5.41, 5.74) is 0. The Morgan fingerprint density at radius 3 is 2.58 bits per heavy atom. The minimum Gasteiger partial charge on any atom is -0.466 e. The van der Waals surface area contributed by atoms with E-state index in [9.17, 15) is 4.79 Å². The highest BCUT2D eigenvalue weighted by Crippen LogP contribution is 1.88. The molecule has 12 heavy (non-hydrogen) atoms. The van der Waals surface area contributed by atoms with Gasteiger partial charge in [-0.2, -0.15) is 0 Å². The summed E-state index contributed by atoms with van der Waals surface area (Å²) >= 11 is 0. The van der Waals surface area contributed by atoms with Crippen LogP contribution in [0.3, 0.4) is 0 Å². The smallest absolute Gasteiger partial charge is 0.302 e. The molecule has 0 N–H and O–H groups in total. The van der Waals surface area contributed by atoms with E-state index in [-0.39, 0.29) is 5.97 Å². The van der Waals surface area contributed by atoms with Crippen molar-refractivity contribution in [3.05, 3.63) is 24.3 Å². The van der Waals surface area contributed by atoms with Crippen LogP contribution in [0.4, 0.5) is 0 Å². The van der Waals surface area contributed by atoms with Crippen LogP contribution in [0.1, 0.15) is 26.7 Å². The predicted molar refractivity (Wildman–Crippen MR) is 49.8 cm³/mol. The number of allylic oxidation sites excluding steroid dienone is 3. The molecule has 0 aliphatic rings. The van der Waals surface area contributed by atoms with Crippen molar-refractivity contribution in [2.24, 2.45) is 0 Å². The first-order chi connectivity index (χ1) is 5.77. The van der Waals surface area contributed by atoms with Gasteiger partial charge in [0.05, 0.1) is 6.61 Å². The maximum atomic E-state index is 10.3. The topological polar surface area (TPSA) is 26.3 Å². The van der Waals surface area contributed by atoms with E-state index >= 15 is 0 Å². The number of esters is 1. The Morgan fingerprint density at radius 1 is 1.33 bits per heavy atom. The number of hydrogen-bond acceptors (Lipinski definition) is 2. The summed E-state index contributed by atoms with van der Waals surface area (Å²) < 4.78 is 4.73. The predicted octanol–water partition coefficient (Wildman–Crippen LogP) is 2.46. The highest BCUT2D eigenvalue weighted by molar-refractivity contribution is 5.65. The third-order valence-corrected chi connectivity index (χ3v) is 1.21. The van der Waals surface area contributed by atoms with Gasteiger partial charge >= 0.3 is 5.97 Å². The molecule has 0 unspecified atom stereocenters. The summed E-state index contributed by atoms with van der Waals surface area (Å²) in [5.74, 6) is -0.215. The molecule has 0 heterocycles. The lowest BCUT2D eigenvalue weighted by atomic mass is 10.3. The summed E-state index contributed by atoms with van der Waals surface area (Å²) in [6.07, 6.45) is 9.85. The van der Waals surface area contributed by atoms with Gasteiger partial charge in [0.1, 0.15) is 0 Å². The lowest BCUT2D eigenvalue weighted by Crippen LogP contribution is -1.98. The maximum Gasteiger partial charge on any atom is 0.302 e. The standard InChI is InChI=1S/C10H16O2/c1-3-4-5-6-7-8-9-12-10(2)11/h4-7H,3,8-9H2,1-2H3. The summed E-state index contributed by atoms with van der Waals surface area (Å²) in [4.78, 5) is 10.3. The molecular formula is C10H16O2. The molecule has 0 bridgehead atoms. The van der Waals surface area contributed by atoms with Gasteiger partial charge in [-0.15, -0.1) is 0 Å². The Kier molecular flexibility index (Phi) is 7.35. The Labute approximate surface area is 73.9 Å². The van der Waals surface area contributed by atoms with E-state index in [1.807, 2.05) is 18.2 Å². The zero-order chi connectivity index (χ0) is 9.23. The van der Waals surface area contributed by atoms with Gasteiger partial charge in [-0.05, 0) is 12.8 Å². The lowest BCUT2D eigenvalue weighted by molar-refractivity contribution is -0.140. The molecule has 0 aromatic carbocycles. The Balaban J connectivity index is 3.24. The normalized spacial score (nSPS) is 11.2. The van der Waals surface area contributed by atoms with Gasteiger partial charge in [0, 0.05) is 6.92 Å². The number of hydrogen-bond donors (Lipinski definition) is 0. The number of rotatable bonds is 5. The van der Waals surface area contributed by atoms with Crippen LogP contribution in [0.5, 0.6) is 0 Å². The minimum atomic E-state index is -0.215. The molecule has 0 fully saturated rings. The van der Waals surface area contributed by atoms with Crippen molar-refractivity contribution in [1.29, 1.82) is 0 Å². The van der Waals surface area contributed by atoms with E-state index in [0.717, 1.165) is 12.8 Å². The van der Waals surface area contributed by atoms with Crippen molar-refractivity contribution in [3.8, 4) is 0 Å². The third kappa shape index (κ3) is 8.95. The average Bonchev–Trinajstić information content (AvgIpc) is 2.02. The van der Waals surface area contributed by atoms with Crippen molar-refractivity contribution < 1.29 is 9.53 Å². The zero-order valence-corrected chi connectivity index (χ0v) is 7.75. The molecule has 0 radical (unpaired) electrons. The molecule has 0 aliphatic heterocycles. The van der Waals surface area contributed by atoms with Crippen molar-refractivity contribution in [3.63, 3.8) is 0 Å². The molecular weight excluding hydrogens is 152 g/mol. The van der Waals surface area contributed by atoms with E-state index in [0.29, 0.717) is 6.61 Å². The van der Waals surface area contributed by atoms with Crippen LogP contribution in [0.2, 0.25) is 0 Å². The molecule has 0 aromatic rings. The number of ether oxygens (including phenoxy) is 1. The Morgan fingerprint density at radius 2 is 2.00 bits per heavy atom. The molecule has 0 atom stereocenters. The molecule has 0 spiro atoms. The van der Waals surface area contributed by atoms with Gasteiger partial charge in [-0.1, -0.05) is 31.2 Å². The van der Waals surface area contributed by atoms with Gasteiger partial charge in [0.25, 0.3) is 0 Å². The maximum absolute atomic E-state index is 10.3. The number of carbonyl (C=O) groups excluding carboxylic acids is 1. The minimum absolute atomic E-state index is 0.215. The molecule has 68 valence electrons. The van der Waals surface area contributed by atoms with E-state index in [2.05, 4.69) is 13.0 Å².